The maximum absolute atomic E-state index is 12.8. The Balaban J connectivity index is 1.44. The Kier molecular flexibility index (Phi) is 6.11. The lowest BCUT2D eigenvalue weighted by molar-refractivity contribution is -0.131. The highest BCUT2D eigenvalue weighted by Crippen LogP contribution is 2.33. The number of fused-ring (bicyclic) bond motifs is 1. The summed E-state index contributed by atoms with van der Waals surface area (Å²) in [6.45, 7) is 4.19. The van der Waals surface area contributed by atoms with Crippen LogP contribution in [0.15, 0.2) is 18.3 Å². The molecule has 0 aromatic carbocycles. The van der Waals surface area contributed by atoms with Crippen LogP contribution in [-0.4, -0.2) is 51.1 Å². The van der Waals surface area contributed by atoms with Gasteiger partial charge in [-0.1, -0.05) is 19.3 Å². The van der Waals surface area contributed by atoms with E-state index in [0.717, 1.165) is 36.2 Å². The van der Waals surface area contributed by atoms with E-state index in [2.05, 4.69) is 16.4 Å². The van der Waals surface area contributed by atoms with Crippen molar-refractivity contribution in [2.75, 3.05) is 19.6 Å². The third-order valence-corrected chi connectivity index (χ3v) is 6.35. The summed E-state index contributed by atoms with van der Waals surface area (Å²) >= 11 is 0. The molecule has 29 heavy (non-hydrogen) atoms. The predicted octanol–water partition coefficient (Wildman–Crippen LogP) is 2.85. The van der Waals surface area contributed by atoms with Crippen LogP contribution in [0.25, 0.3) is 11.0 Å². The lowest BCUT2D eigenvalue weighted by Gasteiger charge is -2.24. The van der Waals surface area contributed by atoms with E-state index < -0.39 is 0 Å². The SMILES string of the molecule is CC(=O)NCCn1nc([C@H]2CCN(C(=O)CC3CCCCC3)C2)c2cccnc21. The molecule has 0 spiro atoms. The van der Waals surface area contributed by atoms with Crippen LogP contribution in [0.5, 0.6) is 0 Å². The first-order chi connectivity index (χ1) is 14.1. The van der Waals surface area contributed by atoms with Crippen LogP contribution in [-0.2, 0) is 16.1 Å². The van der Waals surface area contributed by atoms with Crippen LogP contribution in [0.2, 0.25) is 0 Å². The normalized spacial score (nSPS) is 20.3. The number of pyridine rings is 1. The minimum absolute atomic E-state index is 0.0439. The highest BCUT2D eigenvalue weighted by molar-refractivity contribution is 5.80. The number of carbonyl (C=O) groups is 2. The van der Waals surface area contributed by atoms with Crippen molar-refractivity contribution in [2.24, 2.45) is 5.92 Å². The standard InChI is InChI=1S/C22H31N5O2/c1-16(28)23-11-13-27-22-19(8-5-10-24-22)21(25-27)18-9-12-26(15-18)20(29)14-17-6-3-2-4-7-17/h5,8,10,17-18H,2-4,6-7,9,11-15H2,1H3,(H,23,28)/t18-/m0/s1. The molecule has 1 saturated heterocycles. The second-order valence-corrected chi connectivity index (χ2v) is 8.50. The summed E-state index contributed by atoms with van der Waals surface area (Å²) in [7, 11) is 0. The van der Waals surface area contributed by atoms with Crippen LogP contribution in [0, 0.1) is 5.92 Å². The molecule has 2 aromatic rings. The summed E-state index contributed by atoms with van der Waals surface area (Å²) in [4.78, 5) is 30.5. The molecule has 3 heterocycles. The van der Waals surface area contributed by atoms with E-state index in [9.17, 15) is 9.59 Å². The molecular formula is C22H31N5O2. The molecule has 156 valence electrons. The van der Waals surface area contributed by atoms with Gasteiger partial charge in [0.1, 0.15) is 0 Å². The summed E-state index contributed by atoms with van der Waals surface area (Å²) in [5.41, 5.74) is 1.88. The quantitative estimate of drug-likeness (QED) is 0.813. The molecular weight excluding hydrogens is 366 g/mol. The highest BCUT2D eigenvalue weighted by atomic mass is 16.2. The van der Waals surface area contributed by atoms with Gasteiger partial charge < -0.3 is 10.2 Å². The van der Waals surface area contributed by atoms with Crippen LogP contribution >= 0.6 is 0 Å². The first-order valence-corrected chi connectivity index (χ1v) is 11.0. The number of aromatic nitrogens is 3. The van der Waals surface area contributed by atoms with Gasteiger partial charge in [-0.15, -0.1) is 0 Å². The molecule has 2 aromatic heterocycles. The first-order valence-electron chi connectivity index (χ1n) is 11.0. The zero-order valence-corrected chi connectivity index (χ0v) is 17.3. The van der Waals surface area contributed by atoms with Crippen molar-refractivity contribution in [3.05, 3.63) is 24.0 Å². The molecule has 1 aliphatic carbocycles. The molecule has 1 atom stereocenters. The fraction of sp³-hybridized carbons (Fsp3) is 0.636. The van der Waals surface area contributed by atoms with Crippen molar-refractivity contribution in [1.29, 1.82) is 0 Å². The Morgan fingerprint density at radius 1 is 1.21 bits per heavy atom. The number of rotatable bonds is 6. The average Bonchev–Trinajstić information content (AvgIpc) is 3.34. The molecule has 0 radical (unpaired) electrons. The zero-order chi connectivity index (χ0) is 20.2. The summed E-state index contributed by atoms with van der Waals surface area (Å²) in [5, 5.41) is 8.72. The number of nitrogens with one attached hydrogen (secondary N) is 1. The molecule has 2 fully saturated rings. The van der Waals surface area contributed by atoms with Crippen molar-refractivity contribution in [3.8, 4) is 0 Å². The Labute approximate surface area is 171 Å². The zero-order valence-electron chi connectivity index (χ0n) is 17.3. The third kappa shape index (κ3) is 4.60. The molecule has 1 saturated carbocycles. The van der Waals surface area contributed by atoms with Crippen LogP contribution < -0.4 is 5.32 Å². The van der Waals surface area contributed by atoms with Crippen molar-refractivity contribution in [2.45, 2.75) is 64.3 Å². The smallest absolute Gasteiger partial charge is 0.222 e. The van der Waals surface area contributed by atoms with E-state index in [1.54, 1.807) is 6.20 Å². The van der Waals surface area contributed by atoms with E-state index in [1.807, 2.05) is 15.6 Å². The minimum Gasteiger partial charge on any atom is -0.354 e. The molecule has 4 rings (SSSR count). The Hall–Kier alpha value is -2.44. The van der Waals surface area contributed by atoms with Gasteiger partial charge in [0.25, 0.3) is 0 Å². The molecule has 2 aliphatic rings. The summed E-state index contributed by atoms with van der Waals surface area (Å²) in [6, 6.07) is 4.00. The number of nitrogens with zero attached hydrogens (tertiary/aromatic N) is 4. The van der Waals surface area contributed by atoms with Gasteiger partial charge in [0.15, 0.2) is 5.65 Å². The van der Waals surface area contributed by atoms with Crippen LogP contribution in [0.1, 0.15) is 63.5 Å². The van der Waals surface area contributed by atoms with E-state index in [-0.39, 0.29) is 11.8 Å². The van der Waals surface area contributed by atoms with Crippen molar-refractivity contribution >= 4 is 22.8 Å². The van der Waals surface area contributed by atoms with Crippen LogP contribution in [0.4, 0.5) is 0 Å². The second-order valence-electron chi connectivity index (χ2n) is 8.50. The maximum Gasteiger partial charge on any atom is 0.222 e. The molecule has 2 amide bonds. The van der Waals surface area contributed by atoms with Crippen LogP contribution in [0.3, 0.4) is 0 Å². The van der Waals surface area contributed by atoms with E-state index in [0.29, 0.717) is 31.3 Å². The second kappa shape index (κ2) is 8.93. The van der Waals surface area contributed by atoms with Gasteiger partial charge in [0.05, 0.1) is 12.2 Å². The highest BCUT2D eigenvalue weighted by Gasteiger charge is 2.31. The monoisotopic (exact) mass is 397 g/mol. The molecule has 0 unspecified atom stereocenters. The largest absolute Gasteiger partial charge is 0.354 e. The van der Waals surface area contributed by atoms with Gasteiger partial charge >= 0.3 is 0 Å². The number of hydrogen-bond donors (Lipinski definition) is 1. The number of carbonyl (C=O) groups excluding carboxylic acids is 2. The Morgan fingerprint density at radius 3 is 2.83 bits per heavy atom. The van der Waals surface area contributed by atoms with Crippen molar-refractivity contribution in [1.82, 2.24) is 25.0 Å². The lowest BCUT2D eigenvalue weighted by Crippen LogP contribution is -2.30. The third-order valence-electron chi connectivity index (χ3n) is 6.35. The summed E-state index contributed by atoms with van der Waals surface area (Å²) in [6.07, 6.45) is 9.71. The first kappa shape index (κ1) is 19.9. The van der Waals surface area contributed by atoms with Gasteiger partial charge in [-0.2, -0.15) is 5.10 Å². The predicted molar refractivity (Wildman–Crippen MR) is 111 cm³/mol. The molecule has 0 bridgehead atoms. The average molecular weight is 398 g/mol. The van der Waals surface area contributed by atoms with Gasteiger partial charge in [0, 0.05) is 50.5 Å². The Morgan fingerprint density at radius 2 is 2.03 bits per heavy atom. The molecule has 7 heteroatoms. The topological polar surface area (TPSA) is 80.1 Å². The van der Waals surface area contributed by atoms with E-state index in [4.69, 9.17) is 5.10 Å². The fourth-order valence-corrected chi connectivity index (χ4v) is 4.81. The number of likely N-dealkylation sites (tertiary alicyclic amines) is 1. The Bertz CT molecular complexity index is 871. The van der Waals surface area contributed by atoms with Gasteiger partial charge in [-0.25, -0.2) is 9.67 Å². The summed E-state index contributed by atoms with van der Waals surface area (Å²) in [5.74, 6) is 1.09. The number of amides is 2. The minimum atomic E-state index is -0.0439. The van der Waals surface area contributed by atoms with Gasteiger partial charge in [0.2, 0.25) is 11.8 Å². The van der Waals surface area contributed by atoms with Crippen molar-refractivity contribution in [3.63, 3.8) is 0 Å². The van der Waals surface area contributed by atoms with Crippen molar-refractivity contribution < 1.29 is 9.59 Å². The van der Waals surface area contributed by atoms with E-state index in [1.165, 1.54) is 39.0 Å². The van der Waals surface area contributed by atoms with Gasteiger partial charge in [-0.05, 0) is 37.3 Å². The molecule has 1 aliphatic heterocycles. The maximum atomic E-state index is 12.8. The molecule has 7 nitrogen and oxygen atoms in total. The number of hydrogen-bond acceptors (Lipinski definition) is 4. The van der Waals surface area contributed by atoms with E-state index >= 15 is 0 Å². The van der Waals surface area contributed by atoms with Gasteiger partial charge in [-0.3, -0.25) is 9.59 Å². The fourth-order valence-electron chi connectivity index (χ4n) is 4.81. The molecule has 1 N–H and O–H groups in total. The summed E-state index contributed by atoms with van der Waals surface area (Å²) < 4.78 is 1.88. The lowest BCUT2D eigenvalue weighted by atomic mass is 9.87.